The first-order chi connectivity index (χ1) is 7.09. The molecule has 4 unspecified atom stereocenters. The van der Waals surface area contributed by atoms with Gasteiger partial charge >= 0.3 is 0 Å². The standard InChI is InChI=1S/C15H28/c1-10-5-7-14(8-6-10)15-12(3)9-11(2)13(15)4/h10-15H,5-9H2,1-4H3. The van der Waals surface area contributed by atoms with E-state index in [1.165, 1.54) is 32.1 Å². The molecule has 0 aliphatic heterocycles. The summed E-state index contributed by atoms with van der Waals surface area (Å²) in [5.41, 5.74) is 0. The molecule has 88 valence electrons. The Balaban J connectivity index is 1.98. The molecule has 0 saturated heterocycles. The van der Waals surface area contributed by atoms with Gasteiger partial charge in [0.15, 0.2) is 0 Å². The maximum Gasteiger partial charge on any atom is -0.0332 e. The van der Waals surface area contributed by atoms with Gasteiger partial charge in [-0.25, -0.2) is 0 Å². The van der Waals surface area contributed by atoms with Crippen molar-refractivity contribution >= 4 is 0 Å². The summed E-state index contributed by atoms with van der Waals surface area (Å²) in [6, 6.07) is 0. The lowest BCUT2D eigenvalue weighted by molar-refractivity contribution is 0.147. The molecule has 0 N–H and O–H groups in total. The second-order valence-electron chi connectivity index (χ2n) is 6.65. The molecule has 0 radical (unpaired) electrons. The molecule has 0 heteroatoms. The van der Waals surface area contributed by atoms with Gasteiger partial charge in [0.25, 0.3) is 0 Å². The smallest absolute Gasteiger partial charge is 0.0332 e. The number of hydrogen-bond donors (Lipinski definition) is 0. The van der Waals surface area contributed by atoms with E-state index in [-0.39, 0.29) is 0 Å². The largest absolute Gasteiger partial charge is 0.0625 e. The van der Waals surface area contributed by atoms with E-state index in [1.54, 1.807) is 0 Å². The second kappa shape index (κ2) is 4.47. The first-order valence-corrected chi connectivity index (χ1v) is 7.09. The second-order valence-corrected chi connectivity index (χ2v) is 6.65. The minimum Gasteiger partial charge on any atom is -0.0625 e. The fraction of sp³-hybridized carbons (Fsp3) is 1.00. The van der Waals surface area contributed by atoms with Gasteiger partial charge in [0.05, 0.1) is 0 Å². The first kappa shape index (κ1) is 11.5. The van der Waals surface area contributed by atoms with Crippen LogP contribution in [0.3, 0.4) is 0 Å². The molecule has 4 atom stereocenters. The van der Waals surface area contributed by atoms with Gasteiger partial charge in [-0.05, 0) is 54.8 Å². The highest BCUT2D eigenvalue weighted by molar-refractivity contribution is 4.90. The van der Waals surface area contributed by atoms with Crippen LogP contribution in [0.4, 0.5) is 0 Å². The van der Waals surface area contributed by atoms with Crippen LogP contribution in [0, 0.1) is 35.5 Å². The van der Waals surface area contributed by atoms with E-state index in [1.807, 2.05) is 0 Å². The zero-order valence-electron chi connectivity index (χ0n) is 11.0. The van der Waals surface area contributed by atoms with Crippen molar-refractivity contribution in [3.05, 3.63) is 0 Å². The maximum absolute atomic E-state index is 2.51. The molecular weight excluding hydrogens is 180 g/mol. The van der Waals surface area contributed by atoms with E-state index in [4.69, 9.17) is 0 Å². The van der Waals surface area contributed by atoms with Gasteiger partial charge in [0.2, 0.25) is 0 Å². The van der Waals surface area contributed by atoms with Crippen molar-refractivity contribution in [2.45, 2.75) is 59.8 Å². The lowest BCUT2D eigenvalue weighted by atomic mass is 9.70. The van der Waals surface area contributed by atoms with Gasteiger partial charge < -0.3 is 0 Å². The molecule has 2 rings (SSSR count). The summed E-state index contributed by atoms with van der Waals surface area (Å²) in [6.07, 6.45) is 7.52. The molecule has 15 heavy (non-hydrogen) atoms. The van der Waals surface area contributed by atoms with E-state index in [0.29, 0.717) is 0 Å². The van der Waals surface area contributed by atoms with Gasteiger partial charge in [-0.3, -0.25) is 0 Å². The molecule has 2 aliphatic rings. The van der Waals surface area contributed by atoms with Gasteiger partial charge in [-0.2, -0.15) is 0 Å². The molecule has 2 aliphatic carbocycles. The van der Waals surface area contributed by atoms with Crippen molar-refractivity contribution in [1.82, 2.24) is 0 Å². The summed E-state index contributed by atoms with van der Waals surface area (Å²) in [5, 5.41) is 0. The maximum atomic E-state index is 2.51. The van der Waals surface area contributed by atoms with Gasteiger partial charge in [0.1, 0.15) is 0 Å². The SMILES string of the molecule is CC1CCC(C2C(C)CC(C)C2C)CC1. The number of rotatable bonds is 1. The quantitative estimate of drug-likeness (QED) is 0.584. The average Bonchev–Trinajstić information content (AvgIpc) is 2.44. The monoisotopic (exact) mass is 208 g/mol. The minimum absolute atomic E-state index is 0.976. The molecule has 0 bridgehead atoms. The highest BCUT2D eigenvalue weighted by Gasteiger charge is 2.40. The predicted octanol–water partition coefficient (Wildman–Crippen LogP) is 4.74. The Morgan fingerprint density at radius 1 is 0.733 bits per heavy atom. The molecule has 0 aromatic carbocycles. The first-order valence-electron chi connectivity index (χ1n) is 7.09. The molecule has 0 amide bonds. The van der Waals surface area contributed by atoms with Crippen molar-refractivity contribution < 1.29 is 0 Å². The van der Waals surface area contributed by atoms with Crippen LogP contribution in [0.15, 0.2) is 0 Å². The van der Waals surface area contributed by atoms with Crippen LogP contribution >= 0.6 is 0 Å². The van der Waals surface area contributed by atoms with Crippen molar-refractivity contribution in [1.29, 1.82) is 0 Å². The van der Waals surface area contributed by atoms with Crippen LogP contribution in [0.5, 0.6) is 0 Å². The third kappa shape index (κ3) is 2.24. The van der Waals surface area contributed by atoms with Gasteiger partial charge in [-0.1, -0.05) is 40.5 Å². The minimum atomic E-state index is 0.976. The fourth-order valence-electron chi connectivity index (χ4n) is 4.42. The van der Waals surface area contributed by atoms with E-state index in [0.717, 1.165) is 35.5 Å². The van der Waals surface area contributed by atoms with Gasteiger partial charge in [-0.15, -0.1) is 0 Å². The van der Waals surface area contributed by atoms with Crippen molar-refractivity contribution in [2.24, 2.45) is 35.5 Å². The zero-order valence-corrected chi connectivity index (χ0v) is 11.0. The molecule has 0 spiro atoms. The normalized spacial score (nSPS) is 52.0. The summed E-state index contributed by atoms with van der Waals surface area (Å²) >= 11 is 0. The van der Waals surface area contributed by atoms with Crippen molar-refractivity contribution in [3.63, 3.8) is 0 Å². The summed E-state index contributed by atoms with van der Waals surface area (Å²) in [5.74, 6) is 6.07. The molecule has 0 nitrogen and oxygen atoms in total. The van der Waals surface area contributed by atoms with Crippen LogP contribution in [0.25, 0.3) is 0 Å². The summed E-state index contributed by atoms with van der Waals surface area (Å²) in [4.78, 5) is 0. The third-order valence-electron chi connectivity index (χ3n) is 5.51. The van der Waals surface area contributed by atoms with Crippen LogP contribution in [-0.4, -0.2) is 0 Å². The summed E-state index contributed by atoms with van der Waals surface area (Å²) in [6.45, 7) is 9.91. The van der Waals surface area contributed by atoms with E-state index in [9.17, 15) is 0 Å². The van der Waals surface area contributed by atoms with Crippen molar-refractivity contribution in [3.8, 4) is 0 Å². The molecule has 2 saturated carbocycles. The topological polar surface area (TPSA) is 0 Å². The molecule has 0 heterocycles. The lowest BCUT2D eigenvalue weighted by Gasteiger charge is -2.35. The summed E-state index contributed by atoms with van der Waals surface area (Å²) < 4.78 is 0. The Hall–Kier alpha value is 0. The Bertz CT molecular complexity index is 200. The predicted molar refractivity (Wildman–Crippen MR) is 66.7 cm³/mol. The molecular formula is C15H28. The van der Waals surface area contributed by atoms with Crippen LogP contribution in [-0.2, 0) is 0 Å². The van der Waals surface area contributed by atoms with Crippen LogP contribution in [0.2, 0.25) is 0 Å². The Morgan fingerprint density at radius 2 is 1.33 bits per heavy atom. The molecule has 0 aromatic heterocycles. The van der Waals surface area contributed by atoms with E-state index in [2.05, 4.69) is 27.7 Å². The fourth-order valence-corrected chi connectivity index (χ4v) is 4.42. The Labute approximate surface area is 95.8 Å². The number of hydrogen-bond acceptors (Lipinski definition) is 0. The average molecular weight is 208 g/mol. The van der Waals surface area contributed by atoms with Crippen molar-refractivity contribution in [2.75, 3.05) is 0 Å². The Kier molecular flexibility index (Phi) is 3.42. The third-order valence-corrected chi connectivity index (χ3v) is 5.51. The zero-order chi connectivity index (χ0) is 11.0. The molecule has 2 fully saturated rings. The van der Waals surface area contributed by atoms with Crippen LogP contribution in [0.1, 0.15) is 59.8 Å². The highest BCUT2D eigenvalue weighted by atomic mass is 14.5. The highest BCUT2D eigenvalue weighted by Crippen LogP contribution is 2.49. The van der Waals surface area contributed by atoms with E-state index < -0.39 is 0 Å². The lowest BCUT2D eigenvalue weighted by Crippen LogP contribution is -2.26. The Morgan fingerprint density at radius 3 is 1.80 bits per heavy atom. The van der Waals surface area contributed by atoms with E-state index >= 15 is 0 Å². The van der Waals surface area contributed by atoms with Gasteiger partial charge in [0, 0.05) is 0 Å². The summed E-state index contributed by atoms with van der Waals surface area (Å²) in [7, 11) is 0. The molecule has 0 aromatic rings. The van der Waals surface area contributed by atoms with Crippen LogP contribution < -0.4 is 0 Å².